The fourth-order valence-electron chi connectivity index (χ4n) is 2.10. The molecule has 0 aromatic carbocycles. The number of esters is 2. The van der Waals surface area contributed by atoms with E-state index in [4.69, 9.17) is 4.74 Å². The summed E-state index contributed by atoms with van der Waals surface area (Å²) in [7, 11) is 2.76. The number of hydrogen-bond donors (Lipinski definition) is 0. The second-order valence-corrected chi connectivity index (χ2v) is 4.26. The van der Waals surface area contributed by atoms with Crippen LogP contribution in [-0.2, 0) is 19.1 Å². The molecule has 0 aliphatic carbocycles. The molecule has 0 radical (unpaired) electrons. The molecular formula is C11H19NO4. The quantitative estimate of drug-likeness (QED) is 0.651. The van der Waals surface area contributed by atoms with Crippen LogP contribution in [0.1, 0.15) is 13.8 Å². The summed E-state index contributed by atoms with van der Waals surface area (Å²) in [5, 5.41) is 0. The Morgan fingerprint density at radius 1 is 1.25 bits per heavy atom. The van der Waals surface area contributed by atoms with Gasteiger partial charge in [-0.2, -0.15) is 0 Å². The van der Waals surface area contributed by atoms with E-state index >= 15 is 0 Å². The van der Waals surface area contributed by atoms with Gasteiger partial charge < -0.3 is 9.47 Å². The Labute approximate surface area is 95.7 Å². The van der Waals surface area contributed by atoms with Gasteiger partial charge in [0.1, 0.15) is 6.04 Å². The van der Waals surface area contributed by atoms with Crippen molar-refractivity contribution < 1.29 is 19.1 Å². The summed E-state index contributed by atoms with van der Waals surface area (Å²) >= 11 is 0. The topological polar surface area (TPSA) is 55.8 Å². The van der Waals surface area contributed by atoms with E-state index in [0.717, 1.165) is 6.54 Å². The van der Waals surface area contributed by atoms with Gasteiger partial charge in [0.15, 0.2) is 0 Å². The second-order valence-electron chi connectivity index (χ2n) is 4.26. The van der Waals surface area contributed by atoms with Crippen molar-refractivity contribution in [1.29, 1.82) is 0 Å². The van der Waals surface area contributed by atoms with Crippen molar-refractivity contribution in [2.45, 2.75) is 19.9 Å². The van der Waals surface area contributed by atoms with E-state index < -0.39 is 0 Å². The third-order valence-electron chi connectivity index (χ3n) is 3.23. The summed E-state index contributed by atoms with van der Waals surface area (Å²) in [6.45, 7) is 5.06. The molecule has 0 aromatic rings. The van der Waals surface area contributed by atoms with Gasteiger partial charge in [-0.25, -0.2) is 0 Å². The molecule has 16 heavy (non-hydrogen) atoms. The number of nitrogens with zero attached hydrogens (tertiary/aromatic N) is 1. The number of carbonyl (C=O) groups excluding carboxylic acids is 2. The molecule has 1 saturated heterocycles. The zero-order valence-electron chi connectivity index (χ0n) is 10.2. The molecule has 5 heteroatoms. The third-order valence-corrected chi connectivity index (χ3v) is 3.23. The zero-order chi connectivity index (χ0) is 12.3. The van der Waals surface area contributed by atoms with Crippen molar-refractivity contribution in [3.8, 4) is 0 Å². The van der Waals surface area contributed by atoms with Crippen LogP contribution in [0.25, 0.3) is 0 Å². The minimum atomic E-state index is -0.304. The maximum atomic E-state index is 11.5. The SMILES string of the molecule is COC(=O)C1CN(C(C)C(=O)OC)CC1C. The Hall–Kier alpha value is -1.10. The van der Waals surface area contributed by atoms with Crippen molar-refractivity contribution in [2.75, 3.05) is 27.3 Å². The first-order valence-corrected chi connectivity index (χ1v) is 5.41. The summed E-state index contributed by atoms with van der Waals surface area (Å²) in [4.78, 5) is 24.8. The molecule has 0 bridgehead atoms. The molecule has 0 spiro atoms. The van der Waals surface area contributed by atoms with E-state index in [9.17, 15) is 9.59 Å². The number of ether oxygens (including phenoxy) is 2. The highest BCUT2D eigenvalue weighted by Gasteiger charge is 2.39. The van der Waals surface area contributed by atoms with E-state index in [1.807, 2.05) is 11.8 Å². The van der Waals surface area contributed by atoms with Crippen molar-refractivity contribution >= 4 is 11.9 Å². The molecule has 92 valence electrons. The highest BCUT2D eigenvalue weighted by Crippen LogP contribution is 2.25. The summed E-state index contributed by atoms with van der Waals surface area (Å²) < 4.78 is 9.42. The van der Waals surface area contributed by atoms with Crippen LogP contribution in [-0.4, -0.2) is 50.2 Å². The molecular weight excluding hydrogens is 210 g/mol. The van der Waals surface area contributed by atoms with Crippen LogP contribution >= 0.6 is 0 Å². The summed E-state index contributed by atoms with van der Waals surface area (Å²) in [6.07, 6.45) is 0. The average Bonchev–Trinajstić information content (AvgIpc) is 2.68. The Morgan fingerprint density at radius 2 is 1.88 bits per heavy atom. The van der Waals surface area contributed by atoms with Crippen LogP contribution in [0.15, 0.2) is 0 Å². The molecule has 1 aliphatic heterocycles. The fraction of sp³-hybridized carbons (Fsp3) is 0.818. The second kappa shape index (κ2) is 5.30. The van der Waals surface area contributed by atoms with E-state index in [0.29, 0.717) is 6.54 Å². The standard InChI is InChI=1S/C11H19NO4/c1-7-5-12(8(2)10(13)15-3)6-9(7)11(14)16-4/h7-9H,5-6H2,1-4H3. The highest BCUT2D eigenvalue weighted by molar-refractivity contribution is 5.76. The molecule has 5 nitrogen and oxygen atoms in total. The normalized spacial score (nSPS) is 27.5. The lowest BCUT2D eigenvalue weighted by Gasteiger charge is -2.21. The molecule has 1 heterocycles. The fourth-order valence-corrected chi connectivity index (χ4v) is 2.10. The van der Waals surface area contributed by atoms with Gasteiger partial charge in [0.25, 0.3) is 0 Å². The lowest BCUT2D eigenvalue weighted by Crippen LogP contribution is -2.38. The average molecular weight is 229 g/mol. The lowest BCUT2D eigenvalue weighted by atomic mass is 9.99. The highest BCUT2D eigenvalue weighted by atomic mass is 16.5. The molecule has 3 unspecified atom stereocenters. The minimum Gasteiger partial charge on any atom is -0.469 e. The molecule has 1 rings (SSSR count). The van der Waals surface area contributed by atoms with Gasteiger partial charge in [-0.15, -0.1) is 0 Å². The zero-order valence-corrected chi connectivity index (χ0v) is 10.2. The van der Waals surface area contributed by atoms with Gasteiger partial charge in [-0.1, -0.05) is 6.92 Å². The Balaban J connectivity index is 2.62. The summed E-state index contributed by atoms with van der Waals surface area (Å²) in [5.74, 6) is -0.401. The van der Waals surface area contributed by atoms with Gasteiger partial charge in [0, 0.05) is 13.1 Å². The van der Waals surface area contributed by atoms with Crippen LogP contribution in [0, 0.1) is 11.8 Å². The monoisotopic (exact) mass is 229 g/mol. The van der Waals surface area contributed by atoms with E-state index in [-0.39, 0.29) is 29.8 Å². The van der Waals surface area contributed by atoms with Gasteiger partial charge >= 0.3 is 11.9 Å². The molecule has 1 fully saturated rings. The maximum absolute atomic E-state index is 11.5. The summed E-state index contributed by atoms with van der Waals surface area (Å²) in [6, 6.07) is -0.304. The third kappa shape index (κ3) is 2.52. The van der Waals surface area contributed by atoms with Gasteiger partial charge in [-0.3, -0.25) is 14.5 Å². The number of methoxy groups -OCH3 is 2. The van der Waals surface area contributed by atoms with Crippen molar-refractivity contribution in [2.24, 2.45) is 11.8 Å². The summed E-state index contributed by atoms with van der Waals surface area (Å²) in [5.41, 5.74) is 0. The first kappa shape index (κ1) is 13.0. The molecule has 0 N–H and O–H groups in total. The number of hydrogen-bond acceptors (Lipinski definition) is 5. The number of carbonyl (C=O) groups is 2. The predicted octanol–water partition coefficient (Wildman–Crippen LogP) is 0.289. The van der Waals surface area contributed by atoms with E-state index in [1.54, 1.807) is 6.92 Å². The molecule has 3 atom stereocenters. The first-order chi connectivity index (χ1) is 7.51. The molecule has 1 aliphatic rings. The maximum Gasteiger partial charge on any atom is 0.322 e. The first-order valence-electron chi connectivity index (χ1n) is 5.41. The Bertz CT molecular complexity index is 279. The van der Waals surface area contributed by atoms with Crippen LogP contribution in [0.4, 0.5) is 0 Å². The molecule has 0 amide bonds. The molecule has 0 saturated carbocycles. The van der Waals surface area contributed by atoms with Crippen LogP contribution in [0.3, 0.4) is 0 Å². The van der Waals surface area contributed by atoms with Gasteiger partial charge in [0.05, 0.1) is 20.1 Å². The van der Waals surface area contributed by atoms with E-state index in [2.05, 4.69) is 4.74 Å². The minimum absolute atomic E-state index is 0.142. The largest absolute Gasteiger partial charge is 0.469 e. The lowest BCUT2D eigenvalue weighted by molar-refractivity contribution is -0.148. The van der Waals surface area contributed by atoms with Crippen molar-refractivity contribution in [3.05, 3.63) is 0 Å². The number of likely N-dealkylation sites (tertiary alicyclic amines) is 1. The number of rotatable bonds is 3. The Morgan fingerprint density at radius 3 is 2.38 bits per heavy atom. The van der Waals surface area contributed by atoms with Crippen LogP contribution in [0.2, 0.25) is 0 Å². The van der Waals surface area contributed by atoms with Crippen LogP contribution in [0.5, 0.6) is 0 Å². The smallest absolute Gasteiger partial charge is 0.322 e. The molecule has 0 aromatic heterocycles. The van der Waals surface area contributed by atoms with Gasteiger partial charge in [-0.05, 0) is 12.8 Å². The van der Waals surface area contributed by atoms with Crippen molar-refractivity contribution in [1.82, 2.24) is 4.90 Å². The van der Waals surface area contributed by atoms with Crippen molar-refractivity contribution in [3.63, 3.8) is 0 Å². The van der Waals surface area contributed by atoms with E-state index in [1.165, 1.54) is 14.2 Å². The predicted molar refractivity (Wildman–Crippen MR) is 57.7 cm³/mol. The van der Waals surface area contributed by atoms with Crippen LogP contribution < -0.4 is 0 Å². The Kier molecular flexibility index (Phi) is 4.29. The van der Waals surface area contributed by atoms with Gasteiger partial charge in [0.2, 0.25) is 0 Å².